The van der Waals surface area contributed by atoms with Crippen LogP contribution in [0, 0.1) is 35.3 Å². The molecular weight excluding hydrogens is 424 g/mol. The first-order valence-corrected chi connectivity index (χ1v) is 10.5. The second-order valence-corrected chi connectivity index (χ2v) is 7.98. The Morgan fingerprint density at radius 2 is 1.90 bits per heavy atom. The summed E-state index contributed by atoms with van der Waals surface area (Å²) < 4.78 is 33.1. The fourth-order valence-corrected chi connectivity index (χ4v) is 4.00. The highest BCUT2D eigenvalue weighted by Gasteiger charge is 2.23. The van der Waals surface area contributed by atoms with Crippen LogP contribution in [0.1, 0.15) is 18.1 Å². The number of non-ortho nitro benzene ring substituents is 1. The number of rotatable bonds is 8. The van der Waals surface area contributed by atoms with Gasteiger partial charge < -0.3 is 10.1 Å². The molecule has 0 amide bonds. The average molecular weight is 444 g/mol. The molecule has 0 bridgehead atoms. The Labute approximate surface area is 179 Å². The molecule has 0 atom stereocenters. The molecule has 0 saturated heterocycles. The number of para-hydroxylation sites is 2. The van der Waals surface area contributed by atoms with E-state index in [-0.39, 0.29) is 34.1 Å². The number of carbonyl (C=O) groups excluding carboxylic acids is 1. The predicted octanol–water partition coefficient (Wildman–Crippen LogP) is 3.39. The molecule has 0 aliphatic heterocycles. The fourth-order valence-electron chi connectivity index (χ4n) is 2.59. The zero-order chi connectivity index (χ0) is 23.2. The SMILES string of the molecule is CCOC(=O)/C(C#N)=C/Nc1ccccc1NS(=O)(=O)c1cc([N+](=O)[O-])cc(C)c1C. The van der Waals surface area contributed by atoms with Crippen molar-refractivity contribution in [1.82, 2.24) is 0 Å². The first-order valence-electron chi connectivity index (χ1n) is 9.02. The molecule has 2 rings (SSSR count). The number of esters is 1. The summed E-state index contributed by atoms with van der Waals surface area (Å²) in [6.07, 6.45) is 1.11. The lowest BCUT2D eigenvalue weighted by Gasteiger charge is -2.15. The number of aryl methyl sites for hydroxylation is 1. The van der Waals surface area contributed by atoms with Crippen LogP contribution in [0.5, 0.6) is 0 Å². The molecule has 0 heterocycles. The Balaban J connectivity index is 2.42. The Kier molecular flexibility index (Phi) is 7.33. The standard InChI is InChI=1S/C20H20N4O6S/c1-4-30-20(25)15(11-21)12-22-17-7-5-6-8-18(17)23-31(28,29)19-10-16(24(26)27)9-13(2)14(19)3/h5-10,12,22-23H,4H2,1-3H3/b15-12+. The molecule has 2 aromatic carbocycles. The number of hydrogen-bond donors (Lipinski definition) is 2. The van der Waals surface area contributed by atoms with Crippen LogP contribution in [0.25, 0.3) is 0 Å². The van der Waals surface area contributed by atoms with Gasteiger partial charge in [0.15, 0.2) is 5.57 Å². The molecule has 162 valence electrons. The number of nitro groups is 1. The van der Waals surface area contributed by atoms with Crippen LogP contribution >= 0.6 is 0 Å². The number of anilines is 2. The van der Waals surface area contributed by atoms with E-state index in [4.69, 9.17) is 10.00 Å². The lowest BCUT2D eigenvalue weighted by atomic mass is 10.1. The van der Waals surface area contributed by atoms with Crippen LogP contribution in [-0.4, -0.2) is 25.9 Å². The van der Waals surface area contributed by atoms with Gasteiger partial charge >= 0.3 is 5.97 Å². The second kappa shape index (κ2) is 9.73. The van der Waals surface area contributed by atoms with Crippen molar-refractivity contribution in [2.45, 2.75) is 25.7 Å². The van der Waals surface area contributed by atoms with Crippen LogP contribution in [0.3, 0.4) is 0 Å². The maximum Gasteiger partial charge on any atom is 0.350 e. The molecule has 0 saturated carbocycles. The van der Waals surface area contributed by atoms with Crippen LogP contribution < -0.4 is 10.0 Å². The van der Waals surface area contributed by atoms with E-state index < -0.39 is 20.9 Å². The van der Waals surface area contributed by atoms with Gasteiger partial charge in [-0.2, -0.15) is 5.26 Å². The van der Waals surface area contributed by atoms with E-state index in [1.165, 1.54) is 18.2 Å². The van der Waals surface area contributed by atoms with Gasteiger partial charge in [0, 0.05) is 18.3 Å². The number of ether oxygens (including phenoxy) is 1. The maximum atomic E-state index is 13.0. The van der Waals surface area contributed by atoms with Gasteiger partial charge in [0.1, 0.15) is 6.07 Å². The molecule has 2 aromatic rings. The molecule has 31 heavy (non-hydrogen) atoms. The monoisotopic (exact) mass is 444 g/mol. The third-order valence-corrected chi connectivity index (χ3v) is 5.76. The summed E-state index contributed by atoms with van der Waals surface area (Å²) in [4.78, 5) is 22.0. The third-order valence-electron chi connectivity index (χ3n) is 4.26. The first kappa shape index (κ1) is 23.4. The molecule has 0 fully saturated rings. The number of nitro benzene ring substituents is 1. The van der Waals surface area contributed by atoms with E-state index >= 15 is 0 Å². The highest BCUT2D eigenvalue weighted by Crippen LogP contribution is 2.29. The molecule has 0 radical (unpaired) electrons. The summed E-state index contributed by atoms with van der Waals surface area (Å²) in [5.74, 6) is -0.821. The summed E-state index contributed by atoms with van der Waals surface area (Å²) in [6.45, 7) is 4.83. The number of benzene rings is 2. The molecule has 11 heteroatoms. The quantitative estimate of drug-likeness (QED) is 0.207. The predicted molar refractivity (Wildman–Crippen MR) is 114 cm³/mol. The van der Waals surface area contributed by atoms with Crippen molar-refractivity contribution in [3.8, 4) is 6.07 Å². The molecule has 0 aromatic heterocycles. The smallest absolute Gasteiger partial charge is 0.350 e. The van der Waals surface area contributed by atoms with Gasteiger partial charge in [0.05, 0.1) is 27.8 Å². The van der Waals surface area contributed by atoms with Gasteiger partial charge in [-0.15, -0.1) is 0 Å². The van der Waals surface area contributed by atoms with Crippen molar-refractivity contribution in [3.05, 3.63) is 69.4 Å². The number of nitrogens with zero attached hydrogens (tertiary/aromatic N) is 2. The number of nitriles is 1. The average Bonchev–Trinajstić information content (AvgIpc) is 2.71. The Morgan fingerprint density at radius 3 is 2.48 bits per heavy atom. The molecule has 0 unspecified atom stereocenters. The molecule has 10 nitrogen and oxygen atoms in total. The van der Waals surface area contributed by atoms with E-state index in [9.17, 15) is 23.3 Å². The molecule has 0 spiro atoms. The zero-order valence-corrected chi connectivity index (χ0v) is 17.8. The van der Waals surface area contributed by atoms with Crippen LogP contribution in [0.2, 0.25) is 0 Å². The van der Waals surface area contributed by atoms with Crippen molar-refractivity contribution < 1.29 is 22.9 Å². The second-order valence-electron chi connectivity index (χ2n) is 6.33. The normalized spacial score (nSPS) is 11.4. The minimum atomic E-state index is -4.19. The van der Waals surface area contributed by atoms with E-state index in [1.807, 2.05) is 0 Å². The van der Waals surface area contributed by atoms with E-state index in [2.05, 4.69) is 10.0 Å². The topological polar surface area (TPSA) is 151 Å². The van der Waals surface area contributed by atoms with Crippen molar-refractivity contribution >= 4 is 33.1 Å². The van der Waals surface area contributed by atoms with Gasteiger partial charge in [0.25, 0.3) is 15.7 Å². The first-order chi connectivity index (χ1) is 14.6. The van der Waals surface area contributed by atoms with Gasteiger partial charge in [-0.3, -0.25) is 14.8 Å². The fraction of sp³-hybridized carbons (Fsp3) is 0.200. The Bertz CT molecular complexity index is 1200. The van der Waals surface area contributed by atoms with E-state index in [0.717, 1.165) is 12.3 Å². The zero-order valence-electron chi connectivity index (χ0n) is 17.0. The van der Waals surface area contributed by atoms with Gasteiger partial charge in [-0.25, -0.2) is 13.2 Å². The Morgan fingerprint density at radius 1 is 1.26 bits per heavy atom. The summed E-state index contributed by atoms with van der Waals surface area (Å²) in [7, 11) is -4.19. The van der Waals surface area contributed by atoms with Crippen molar-refractivity contribution in [2.75, 3.05) is 16.6 Å². The molecular formula is C20H20N4O6S. The van der Waals surface area contributed by atoms with Gasteiger partial charge in [-0.1, -0.05) is 12.1 Å². The van der Waals surface area contributed by atoms with Gasteiger partial charge in [0.2, 0.25) is 0 Å². The van der Waals surface area contributed by atoms with Gasteiger partial charge in [-0.05, 0) is 44.0 Å². The lowest BCUT2D eigenvalue weighted by Crippen LogP contribution is -2.16. The Hall–Kier alpha value is -3.91. The summed E-state index contributed by atoms with van der Waals surface area (Å²) >= 11 is 0. The number of hydrogen-bond acceptors (Lipinski definition) is 8. The minimum Gasteiger partial charge on any atom is -0.462 e. The molecule has 2 N–H and O–H groups in total. The van der Waals surface area contributed by atoms with Crippen LogP contribution in [0.15, 0.2) is 53.1 Å². The summed E-state index contributed by atoms with van der Waals surface area (Å²) in [6, 6.07) is 10.2. The summed E-state index contributed by atoms with van der Waals surface area (Å²) in [5.41, 5.74) is 0.552. The highest BCUT2D eigenvalue weighted by molar-refractivity contribution is 7.92. The maximum absolute atomic E-state index is 13.0. The van der Waals surface area contributed by atoms with Crippen LogP contribution in [-0.2, 0) is 19.6 Å². The lowest BCUT2D eigenvalue weighted by molar-refractivity contribution is -0.385. The number of carbonyl (C=O) groups is 1. The minimum absolute atomic E-state index is 0.0935. The van der Waals surface area contributed by atoms with E-state index in [0.29, 0.717) is 11.1 Å². The van der Waals surface area contributed by atoms with Crippen molar-refractivity contribution in [1.29, 1.82) is 5.26 Å². The summed E-state index contributed by atoms with van der Waals surface area (Å²) in [5, 5.41) is 23.0. The van der Waals surface area contributed by atoms with Crippen LogP contribution in [0.4, 0.5) is 17.1 Å². The third kappa shape index (κ3) is 5.58. The molecule has 0 aliphatic carbocycles. The number of sulfonamides is 1. The van der Waals surface area contributed by atoms with Crippen molar-refractivity contribution in [3.63, 3.8) is 0 Å². The van der Waals surface area contributed by atoms with E-state index in [1.54, 1.807) is 39.0 Å². The largest absolute Gasteiger partial charge is 0.462 e. The molecule has 0 aliphatic rings. The highest BCUT2D eigenvalue weighted by atomic mass is 32.2. The van der Waals surface area contributed by atoms with Crippen molar-refractivity contribution in [2.24, 2.45) is 0 Å². The number of nitrogens with one attached hydrogen (secondary N) is 2.